The van der Waals surface area contributed by atoms with Crippen molar-refractivity contribution >= 4 is 23.6 Å². The minimum atomic E-state index is -0.549. The quantitative estimate of drug-likeness (QED) is 0.848. The molecule has 27 heavy (non-hydrogen) atoms. The van der Waals surface area contributed by atoms with Crippen LogP contribution in [0.2, 0.25) is 0 Å². The predicted molar refractivity (Wildman–Crippen MR) is 94.8 cm³/mol. The van der Waals surface area contributed by atoms with E-state index in [1.54, 1.807) is 11.0 Å². The van der Waals surface area contributed by atoms with Crippen molar-refractivity contribution in [3.63, 3.8) is 0 Å². The molecule has 2 aromatic rings. The van der Waals surface area contributed by atoms with Gasteiger partial charge in [0.15, 0.2) is 5.82 Å². The van der Waals surface area contributed by atoms with Crippen molar-refractivity contribution in [1.29, 1.82) is 0 Å². The van der Waals surface area contributed by atoms with Crippen LogP contribution in [0, 0.1) is 5.82 Å². The number of piperazine rings is 1. The maximum absolute atomic E-state index is 13.9. The molecule has 1 saturated heterocycles. The molecule has 0 spiro atoms. The number of hydrogen-bond donors (Lipinski definition) is 2. The number of nitrogens with one attached hydrogen (secondary N) is 2. The Labute approximate surface area is 155 Å². The molecule has 1 aromatic heterocycles. The summed E-state index contributed by atoms with van der Waals surface area (Å²) >= 11 is 0. The van der Waals surface area contributed by atoms with Crippen LogP contribution in [0.5, 0.6) is 0 Å². The Morgan fingerprint density at radius 1 is 1.22 bits per heavy atom. The van der Waals surface area contributed by atoms with E-state index >= 15 is 0 Å². The fourth-order valence-electron chi connectivity index (χ4n) is 2.85. The molecule has 0 radical (unpaired) electrons. The minimum Gasteiger partial charge on any atom is -0.453 e. The van der Waals surface area contributed by atoms with Gasteiger partial charge >= 0.3 is 12.1 Å². The molecule has 0 bridgehead atoms. The van der Waals surface area contributed by atoms with Crippen LogP contribution in [0.1, 0.15) is 5.56 Å². The highest BCUT2D eigenvalue weighted by Gasteiger charge is 2.21. The van der Waals surface area contributed by atoms with Gasteiger partial charge in [-0.15, -0.1) is 0 Å². The van der Waals surface area contributed by atoms with Crippen LogP contribution in [0.15, 0.2) is 35.1 Å². The van der Waals surface area contributed by atoms with Gasteiger partial charge in [0.1, 0.15) is 12.1 Å². The van der Waals surface area contributed by atoms with Crippen LogP contribution in [0.4, 0.5) is 25.5 Å². The second-order valence-corrected chi connectivity index (χ2v) is 6.05. The molecule has 10 heteroatoms. The van der Waals surface area contributed by atoms with E-state index in [4.69, 9.17) is 4.74 Å². The summed E-state index contributed by atoms with van der Waals surface area (Å²) in [6.07, 6.45) is 0.987. The normalized spacial score (nSPS) is 14.7. The number of carbonyl (C=O) groups excluding carboxylic acids is 2. The minimum absolute atomic E-state index is 0.257. The largest absolute Gasteiger partial charge is 0.453 e. The number of hydrogen-bond acceptors (Lipinski definition) is 6. The second kappa shape index (κ2) is 8.49. The van der Waals surface area contributed by atoms with Crippen molar-refractivity contribution in [2.45, 2.75) is 6.54 Å². The fraction of sp³-hybridized carbons (Fsp3) is 0.353. The number of halogens is 1. The monoisotopic (exact) mass is 377 g/mol. The molecule has 0 saturated carbocycles. The smallest absolute Gasteiger partial charge is 0.409 e. The molecule has 0 atom stereocenters. The number of methoxy groups -OCH3 is 1. The first-order chi connectivity index (χ1) is 13.0. The number of anilines is 2. The van der Waals surface area contributed by atoms with Gasteiger partial charge in [0.05, 0.1) is 7.11 Å². The Morgan fingerprint density at radius 2 is 2.00 bits per heavy atom. The van der Waals surface area contributed by atoms with Crippen LogP contribution in [0.25, 0.3) is 0 Å². The Hall–Kier alpha value is -3.14. The summed E-state index contributed by atoms with van der Waals surface area (Å²) in [5, 5.41) is 8.61. The third-order valence-electron chi connectivity index (χ3n) is 4.11. The van der Waals surface area contributed by atoms with Gasteiger partial charge < -0.3 is 19.5 Å². The molecule has 2 N–H and O–H groups in total. The summed E-state index contributed by atoms with van der Waals surface area (Å²) in [5.74, 6) is -0.190. The van der Waals surface area contributed by atoms with Crippen LogP contribution in [0.3, 0.4) is 0 Å². The molecule has 0 aliphatic carbocycles. The van der Waals surface area contributed by atoms with Gasteiger partial charge in [-0.05, 0) is 23.8 Å². The highest BCUT2D eigenvalue weighted by atomic mass is 19.1. The summed E-state index contributed by atoms with van der Waals surface area (Å²) < 4.78 is 23.3. The van der Waals surface area contributed by atoms with Crippen LogP contribution < -0.4 is 10.6 Å². The van der Waals surface area contributed by atoms with Gasteiger partial charge in [-0.25, -0.2) is 14.0 Å². The van der Waals surface area contributed by atoms with E-state index in [-0.39, 0.29) is 11.9 Å². The lowest BCUT2D eigenvalue weighted by atomic mass is 10.1. The number of nitrogens with zero attached hydrogens (tertiary/aromatic N) is 3. The zero-order valence-corrected chi connectivity index (χ0v) is 14.8. The van der Waals surface area contributed by atoms with Gasteiger partial charge in [0, 0.05) is 44.5 Å². The third-order valence-corrected chi connectivity index (χ3v) is 4.11. The maximum atomic E-state index is 13.9. The van der Waals surface area contributed by atoms with Crippen molar-refractivity contribution in [2.24, 2.45) is 0 Å². The number of rotatable bonds is 4. The highest BCUT2D eigenvalue weighted by Crippen LogP contribution is 2.17. The summed E-state index contributed by atoms with van der Waals surface area (Å²) in [6.45, 7) is 2.91. The Morgan fingerprint density at radius 3 is 2.67 bits per heavy atom. The van der Waals surface area contributed by atoms with Crippen molar-refractivity contribution in [1.82, 2.24) is 15.0 Å². The third kappa shape index (κ3) is 5.17. The van der Waals surface area contributed by atoms with E-state index in [9.17, 15) is 14.0 Å². The van der Waals surface area contributed by atoms with Gasteiger partial charge in [-0.1, -0.05) is 5.16 Å². The zero-order valence-electron chi connectivity index (χ0n) is 14.8. The molecule has 3 rings (SSSR count). The standard InChI is InChI=1S/C17H20FN5O4/c1-26-17(25)23-5-3-22(4-6-23)11-12-8-13(18)10-14(9-12)19-16(24)20-15-2-7-27-21-15/h2,7-10H,3-6,11H2,1H3,(H2,19,20,21,24). The Kier molecular flexibility index (Phi) is 5.87. The van der Waals surface area contributed by atoms with Crippen molar-refractivity contribution in [3.8, 4) is 0 Å². The molecule has 144 valence electrons. The molecule has 3 amide bonds. The van der Waals surface area contributed by atoms with Gasteiger partial charge in [-0.2, -0.15) is 0 Å². The first kappa shape index (κ1) is 18.6. The number of amides is 3. The lowest BCUT2D eigenvalue weighted by Gasteiger charge is -2.33. The van der Waals surface area contributed by atoms with Crippen LogP contribution in [-0.2, 0) is 11.3 Å². The number of ether oxygens (including phenoxy) is 1. The van der Waals surface area contributed by atoms with E-state index in [0.29, 0.717) is 38.4 Å². The van der Waals surface area contributed by atoms with Crippen LogP contribution in [-0.4, -0.2) is 60.4 Å². The van der Waals surface area contributed by atoms with Crippen LogP contribution >= 0.6 is 0 Å². The maximum Gasteiger partial charge on any atom is 0.409 e. The summed E-state index contributed by atoms with van der Waals surface area (Å²) in [6, 6.07) is 5.31. The molecule has 1 aromatic carbocycles. The zero-order chi connectivity index (χ0) is 19.2. The fourth-order valence-corrected chi connectivity index (χ4v) is 2.85. The SMILES string of the molecule is COC(=O)N1CCN(Cc2cc(F)cc(NC(=O)Nc3ccon3)c2)CC1. The average molecular weight is 377 g/mol. The topological polar surface area (TPSA) is 99.9 Å². The molecule has 1 aliphatic heterocycles. The lowest BCUT2D eigenvalue weighted by Crippen LogP contribution is -2.48. The predicted octanol–water partition coefficient (Wildman–Crippen LogP) is 2.34. The molecular weight excluding hydrogens is 357 g/mol. The van der Waals surface area contributed by atoms with Crippen molar-refractivity contribution in [2.75, 3.05) is 43.9 Å². The van der Waals surface area contributed by atoms with Crippen molar-refractivity contribution < 1.29 is 23.2 Å². The van der Waals surface area contributed by atoms with Gasteiger partial charge in [-0.3, -0.25) is 10.2 Å². The Bertz CT molecular complexity index is 791. The van der Waals surface area contributed by atoms with E-state index in [2.05, 4.69) is 25.2 Å². The number of urea groups is 1. The average Bonchev–Trinajstić information content (AvgIpc) is 3.14. The number of benzene rings is 1. The van der Waals surface area contributed by atoms with E-state index in [0.717, 1.165) is 5.56 Å². The first-order valence-corrected chi connectivity index (χ1v) is 8.36. The molecule has 9 nitrogen and oxygen atoms in total. The first-order valence-electron chi connectivity index (χ1n) is 8.36. The number of carbonyl (C=O) groups is 2. The second-order valence-electron chi connectivity index (χ2n) is 6.05. The molecule has 1 fully saturated rings. The summed E-state index contributed by atoms with van der Waals surface area (Å²) in [5.41, 5.74) is 1.05. The van der Waals surface area contributed by atoms with Gasteiger partial charge in [0.2, 0.25) is 0 Å². The van der Waals surface area contributed by atoms with E-state index in [1.807, 2.05) is 0 Å². The van der Waals surface area contributed by atoms with Crippen molar-refractivity contribution in [3.05, 3.63) is 41.9 Å². The van der Waals surface area contributed by atoms with Gasteiger partial charge in [0.25, 0.3) is 0 Å². The molecular formula is C17H20FN5O4. The molecule has 0 unspecified atom stereocenters. The number of aromatic nitrogens is 1. The lowest BCUT2D eigenvalue weighted by molar-refractivity contribution is 0.0889. The molecule has 1 aliphatic rings. The molecule has 2 heterocycles. The van der Waals surface area contributed by atoms with E-state index in [1.165, 1.54) is 31.6 Å². The highest BCUT2D eigenvalue weighted by molar-refractivity contribution is 5.99. The van der Waals surface area contributed by atoms with E-state index < -0.39 is 11.8 Å². The Balaban J connectivity index is 1.57. The summed E-state index contributed by atoms with van der Waals surface area (Å²) in [7, 11) is 1.36. The summed E-state index contributed by atoms with van der Waals surface area (Å²) in [4.78, 5) is 27.2.